The lowest BCUT2D eigenvalue weighted by atomic mass is 9.98. The molecule has 1 heterocycles. The summed E-state index contributed by atoms with van der Waals surface area (Å²) in [6, 6.07) is 6.17. The molecule has 1 aromatic rings. The van der Waals surface area contributed by atoms with E-state index in [1.807, 2.05) is 6.92 Å². The van der Waals surface area contributed by atoms with Crippen molar-refractivity contribution >= 4 is 15.9 Å². The van der Waals surface area contributed by atoms with Gasteiger partial charge in [-0.2, -0.15) is 0 Å². The molecule has 1 aliphatic carbocycles. The first-order valence-electron chi connectivity index (χ1n) is 9.52. The monoisotopic (exact) mass is 396 g/mol. The van der Waals surface area contributed by atoms with Crippen molar-refractivity contribution in [3.05, 3.63) is 29.8 Å². The molecule has 1 saturated heterocycles. The molecule has 0 aromatic heterocycles. The van der Waals surface area contributed by atoms with Gasteiger partial charge in [-0.3, -0.25) is 4.79 Å². The Bertz CT molecular complexity index is 746. The van der Waals surface area contributed by atoms with E-state index in [4.69, 9.17) is 4.74 Å². The molecule has 0 bridgehead atoms. The van der Waals surface area contributed by atoms with E-state index in [0.29, 0.717) is 25.8 Å². The maximum atomic E-state index is 12.6. The van der Waals surface area contributed by atoms with Crippen molar-refractivity contribution in [2.45, 2.75) is 62.2 Å². The van der Waals surface area contributed by atoms with Crippen molar-refractivity contribution in [2.75, 3.05) is 13.2 Å². The SMILES string of the molecule is Cc1ccc(S(=O)(=O)N[C@H]2CC[C@H](CCNC(=O)C3CC3)O[C@H]2CO)cc1. The number of aryl methyl sites for hydroxylation is 1. The van der Waals surface area contributed by atoms with Crippen LogP contribution in [0.25, 0.3) is 0 Å². The lowest BCUT2D eigenvalue weighted by Crippen LogP contribution is -2.51. The molecule has 2 fully saturated rings. The van der Waals surface area contributed by atoms with E-state index in [1.54, 1.807) is 24.3 Å². The lowest BCUT2D eigenvalue weighted by molar-refractivity contribution is -0.122. The fraction of sp³-hybridized carbons (Fsp3) is 0.632. The Hall–Kier alpha value is -1.48. The van der Waals surface area contributed by atoms with Crippen LogP contribution < -0.4 is 10.0 Å². The second kappa shape index (κ2) is 8.68. The molecule has 8 heteroatoms. The van der Waals surface area contributed by atoms with E-state index >= 15 is 0 Å². The first-order chi connectivity index (χ1) is 12.9. The molecule has 1 saturated carbocycles. The van der Waals surface area contributed by atoms with E-state index in [0.717, 1.165) is 18.4 Å². The Kier molecular flexibility index (Phi) is 6.52. The second-order valence-corrected chi connectivity index (χ2v) is 9.17. The topological polar surface area (TPSA) is 105 Å². The van der Waals surface area contributed by atoms with Crippen LogP contribution in [0.15, 0.2) is 29.2 Å². The highest BCUT2D eigenvalue weighted by Crippen LogP contribution is 2.29. The van der Waals surface area contributed by atoms with E-state index in [2.05, 4.69) is 10.0 Å². The van der Waals surface area contributed by atoms with E-state index in [9.17, 15) is 18.3 Å². The zero-order chi connectivity index (χ0) is 19.4. The number of rotatable bonds is 8. The zero-order valence-corrected chi connectivity index (χ0v) is 16.4. The Balaban J connectivity index is 1.51. The van der Waals surface area contributed by atoms with Crippen LogP contribution in [-0.2, 0) is 19.6 Å². The average Bonchev–Trinajstić information content (AvgIpc) is 3.48. The van der Waals surface area contributed by atoms with Gasteiger partial charge in [0, 0.05) is 12.5 Å². The number of hydrogen-bond donors (Lipinski definition) is 3. The largest absolute Gasteiger partial charge is 0.394 e. The van der Waals surface area contributed by atoms with Crippen molar-refractivity contribution in [3.63, 3.8) is 0 Å². The number of ether oxygens (including phenoxy) is 1. The van der Waals surface area contributed by atoms with Crippen LogP contribution in [0, 0.1) is 12.8 Å². The minimum Gasteiger partial charge on any atom is -0.394 e. The number of benzene rings is 1. The fourth-order valence-corrected chi connectivity index (χ4v) is 4.61. The summed E-state index contributed by atoms with van der Waals surface area (Å²) in [6.45, 7) is 2.18. The molecule has 2 aliphatic rings. The van der Waals surface area contributed by atoms with Crippen molar-refractivity contribution in [3.8, 4) is 0 Å². The molecule has 3 N–H and O–H groups in total. The number of nitrogens with one attached hydrogen (secondary N) is 2. The number of carbonyl (C=O) groups is 1. The average molecular weight is 397 g/mol. The summed E-state index contributed by atoms with van der Waals surface area (Å²) < 4.78 is 33.7. The number of amides is 1. The Labute approximate surface area is 160 Å². The van der Waals surface area contributed by atoms with Crippen LogP contribution in [0.3, 0.4) is 0 Å². The van der Waals surface area contributed by atoms with E-state index in [-0.39, 0.29) is 29.4 Å². The highest BCUT2D eigenvalue weighted by atomic mass is 32.2. The predicted molar refractivity (Wildman–Crippen MR) is 101 cm³/mol. The van der Waals surface area contributed by atoms with Crippen LogP contribution in [0.2, 0.25) is 0 Å². The van der Waals surface area contributed by atoms with Gasteiger partial charge in [0.25, 0.3) is 0 Å². The normalized spacial score (nSPS) is 25.9. The molecule has 7 nitrogen and oxygen atoms in total. The Morgan fingerprint density at radius 2 is 1.89 bits per heavy atom. The van der Waals surface area contributed by atoms with E-state index < -0.39 is 22.2 Å². The molecule has 3 atom stereocenters. The van der Waals surface area contributed by atoms with Crippen molar-refractivity contribution in [1.29, 1.82) is 0 Å². The van der Waals surface area contributed by atoms with Crippen molar-refractivity contribution < 1.29 is 23.1 Å². The third kappa shape index (κ3) is 5.51. The molecule has 0 unspecified atom stereocenters. The summed E-state index contributed by atoms with van der Waals surface area (Å²) in [5, 5.41) is 12.6. The maximum Gasteiger partial charge on any atom is 0.240 e. The minimum absolute atomic E-state index is 0.0956. The van der Waals surface area contributed by atoms with Gasteiger partial charge >= 0.3 is 0 Å². The highest BCUT2D eigenvalue weighted by Gasteiger charge is 2.34. The molecule has 150 valence electrons. The maximum absolute atomic E-state index is 12.6. The molecular formula is C19H28N2O5S. The summed E-state index contributed by atoms with van der Waals surface area (Å²) in [4.78, 5) is 11.9. The summed E-state index contributed by atoms with van der Waals surface area (Å²) in [6.07, 6.45) is 3.17. The van der Waals surface area contributed by atoms with Crippen LogP contribution in [0.5, 0.6) is 0 Å². The Morgan fingerprint density at radius 1 is 1.19 bits per heavy atom. The van der Waals surface area contributed by atoms with Gasteiger partial charge in [0.05, 0.1) is 29.8 Å². The smallest absolute Gasteiger partial charge is 0.240 e. The lowest BCUT2D eigenvalue weighted by Gasteiger charge is -2.36. The second-order valence-electron chi connectivity index (χ2n) is 7.45. The number of hydrogen-bond acceptors (Lipinski definition) is 5. The first-order valence-corrected chi connectivity index (χ1v) is 11.0. The summed E-state index contributed by atoms with van der Waals surface area (Å²) in [5.74, 6) is 0.288. The number of aliphatic hydroxyl groups excluding tert-OH is 1. The van der Waals surface area contributed by atoms with Crippen molar-refractivity contribution in [2.24, 2.45) is 5.92 Å². The molecule has 1 aromatic carbocycles. The van der Waals surface area contributed by atoms with E-state index in [1.165, 1.54) is 0 Å². The van der Waals surface area contributed by atoms with Gasteiger partial charge in [0.1, 0.15) is 0 Å². The molecule has 27 heavy (non-hydrogen) atoms. The van der Waals surface area contributed by atoms with Crippen LogP contribution in [0.4, 0.5) is 0 Å². The molecule has 3 rings (SSSR count). The molecule has 0 radical (unpaired) electrons. The van der Waals surface area contributed by atoms with Crippen LogP contribution >= 0.6 is 0 Å². The fourth-order valence-electron chi connectivity index (χ4n) is 3.31. The summed E-state index contributed by atoms with van der Waals surface area (Å²) in [7, 11) is -3.67. The standard InChI is InChI=1S/C19H28N2O5S/c1-13-2-7-16(8-3-13)27(24,25)21-17-9-6-15(26-18(17)12-22)10-11-20-19(23)14-4-5-14/h2-3,7-8,14-15,17-18,21-22H,4-6,9-12H2,1H3,(H,20,23)/t15-,17+,18+/m1/s1. The van der Waals surface area contributed by atoms with Gasteiger partial charge in [-0.1, -0.05) is 17.7 Å². The van der Waals surface area contributed by atoms with Crippen LogP contribution in [0.1, 0.15) is 37.7 Å². The quantitative estimate of drug-likeness (QED) is 0.610. The molecule has 1 amide bonds. The third-order valence-electron chi connectivity index (χ3n) is 5.15. The summed E-state index contributed by atoms with van der Waals surface area (Å²) >= 11 is 0. The van der Waals surface area contributed by atoms with Gasteiger partial charge < -0.3 is 15.2 Å². The number of sulfonamides is 1. The minimum atomic E-state index is -3.67. The van der Waals surface area contributed by atoms with Crippen molar-refractivity contribution in [1.82, 2.24) is 10.0 Å². The number of aliphatic hydroxyl groups is 1. The molecule has 0 spiro atoms. The van der Waals surface area contributed by atoms with Gasteiger partial charge in [-0.05, 0) is 51.2 Å². The van der Waals surface area contributed by atoms with Gasteiger partial charge in [-0.15, -0.1) is 0 Å². The zero-order valence-electron chi connectivity index (χ0n) is 15.6. The molecule has 1 aliphatic heterocycles. The van der Waals surface area contributed by atoms with Gasteiger partial charge in [0.15, 0.2) is 0 Å². The summed E-state index contributed by atoms with van der Waals surface area (Å²) in [5.41, 5.74) is 0.986. The first kappa shape index (κ1) is 20.3. The van der Waals surface area contributed by atoms with Gasteiger partial charge in [0.2, 0.25) is 15.9 Å². The van der Waals surface area contributed by atoms with Crippen LogP contribution in [-0.4, -0.2) is 50.8 Å². The predicted octanol–water partition coefficient (Wildman–Crippen LogP) is 1.10. The molecular weight excluding hydrogens is 368 g/mol. The van der Waals surface area contributed by atoms with Gasteiger partial charge in [-0.25, -0.2) is 13.1 Å². The number of carbonyl (C=O) groups excluding carboxylic acids is 1. The highest BCUT2D eigenvalue weighted by molar-refractivity contribution is 7.89. The Morgan fingerprint density at radius 3 is 2.52 bits per heavy atom. The third-order valence-corrected chi connectivity index (χ3v) is 6.65.